The zero-order valence-electron chi connectivity index (χ0n) is 15.7. The zero-order valence-corrected chi connectivity index (χ0v) is 15.7. The van der Waals surface area contributed by atoms with Crippen LogP contribution in [0.4, 0.5) is 23.0 Å². The molecule has 0 bridgehead atoms. The second-order valence-electron chi connectivity index (χ2n) is 7.12. The Labute approximate surface area is 158 Å². The van der Waals surface area contributed by atoms with Gasteiger partial charge in [-0.2, -0.15) is 0 Å². The number of aromatic nitrogens is 2. The quantitative estimate of drug-likeness (QED) is 0.425. The summed E-state index contributed by atoms with van der Waals surface area (Å²) in [5.74, 6) is 0.749. The predicted molar refractivity (Wildman–Crippen MR) is 107 cm³/mol. The van der Waals surface area contributed by atoms with Gasteiger partial charge in [0.25, 0.3) is 0 Å². The molecular weight excluding hydrogens is 340 g/mol. The number of azo groups is 1. The Kier molecular flexibility index (Phi) is 4.53. The van der Waals surface area contributed by atoms with Gasteiger partial charge in [-0.3, -0.25) is 0 Å². The lowest BCUT2D eigenvalue weighted by Gasteiger charge is -2.31. The van der Waals surface area contributed by atoms with Crippen LogP contribution in [0.3, 0.4) is 0 Å². The van der Waals surface area contributed by atoms with Crippen molar-refractivity contribution in [3.8, 4) is 0 Å². The van der Waals surface area contributed by atoms with E-state index in [1.807, 2.05) is 65.7 Å². The van der Waals surface area contributed by atoms with E-state index in [-0.39, 0.29) is 6.10 Å². The first-order valence-electron chi connectivity index (χ1n) is 9.21. The van der Waals surface area contributed by atoms with Gasteiger partial charge in [0.1, 0.15) is 16.7 Å². The smallest absolute Gasteiger partial charge is 0.399 e. The molecule has 0 spiro atoms. The zero-order chi connectivity index (χ0) is 19.0. The molecule has 1 aromatic heterocycles. The highest BCUT2D eigenvalue weighted by molar-refractivity contribution is 5.77. The van der Waals surface area contributed by atoms with Gasteiger partial charge in [0, 0.05) is 35.6 Å². The molecular formula is C20H25N6O+. The number of imidazole rings is 1. The van der Waals surface area contributed by atoms with Crippen molar-refractivity contribution in [1.29, 1.82) is 0 Å². The van der Waals surface area contributed by atoms with Crippen LogP contribution >= 0.6 is 0 Å². The molecule has 1 aliphatic heterocycles. The topological polar surface area (TPSA) is 83.0 Å². The highest BCUT2D eigenvalue weighted by Gasteiger charge is 2.20. The molecule has 4 rings (SSSR count). The molecule has 0 radical (unpaired) electrons. The number of aryl methyl sites for hydroxylation is 2. The van der Waals surface area contributed by atoms with Gasteiger partial charge in [0.2, 0.25) is 0 Å². The Morgan fingerprint density at radius 3 is 2.67 bits per heavy atom. The van der Waals surface area contributed by atoms with Crippen LogP contribution in [0.25, 0.3) is 11.0 Å². The summed E-state index contributed by atoms with van der Waals surface area (Å²) in [5.41, 5.74) is 10.6. The number of nitrogen functional groups attached to an aromatic ring is 1. The maximum absolute atomic E-state index is 9.85. The van der Waals surface area contributed by atoms with Gasteiger partial charge in [0.05, 0.1) is 20.2 Å². The SMILES string of the molecule is Cn1c(N=Nc2ccc(N3CCCC(O)C3)cc2)[n+](C)c2ccc(N)cc21. The number of nitrogens with two attached hydrogens (primary N) is 1. The Bertz CT molecular complexity index is 992. The van der Waals surface area contributed by atoms with Crippen LogP contribution in [-0.2, 0) is 14.1 Å². The molecule has 0 amide bonds. The van der Waals surface area contributed by atoms with Crippen LogP contribution in [0.15, 0.2) is 52.7 Å². The molecule has 3 aromatic rings. The van der Waals surface area contributed by atoms with E-state index in [1.165, 1.54) is 0 Å². The molecule has 1 saturated heterocycles. The summed E-state index contributed by atoms with van der Waals surface area (Å²) < 4.78 is 3.99. The fourth-order valence-electron chi connectivity index (χ4n) is 3.69. The number of hydrogen-bond acceptors (Lipinski definition) is 5. The molecule has 2 heterocycles. The number of piperidine rings is 1. The first-order chi connectivity index (χ1) is 13.0. The average Bonchev–Trinajstić information content (AvgIpc) is 2.90. The number of anilines is 2. The Morgan fingerprint density at radius 2 is 1.93 bits per heavy atom. The van der Waals surface area contributed by atoms with Crippen molar-refractivity contribution in [2.45, 2.75) is 18.9 Å². The molecule has 3 N–H and O–H groups in total. The molecule has 7 nitrogen and oxygen atoms in total. The molecule has 1 unspecified atom stereocenters. The van der Waals surface area contributed by atoms with Crippen molar-refractivity contribution in [1.82, 2.24) is 4.57 Å². The highest BCUT2D eigenvalue weighted by Crippen LogP contribution is 2.25. The van der Waals surface area contributed by atoms with Crippen LogP contribution in [0.5, 0.6) is 0 Å². The van der Waals surface area contributed by atoms with Crippen molar-refractivity contribution in [2.24, 2.45) is 24.3 Å². The Hall–Kier alpha value is -2.93. The maximum Gasteiger partial charge on any atom is 0.422 e. The number of β-amino-alcohol motifs (C(OH)–C–C–N with tert-alkyl or cyclic N) is 1. The van der Waals surface area contributed by atoms with E-state index in [1.54, 1.807) is 0 Å². The second-order valence-corrected chi connectivity index (χ2v) is 7.12. The summed E-state index contributed by atoms with van der Waals surface area (Å²) in [5, 5.41) is 18.7. The summed E-state index contributed by atoms with van der Waals surface area (Å²) in [7, 11) is 3.93. The van der Waals surface area contributed by atoms with E-state index in [4.69, 9.17) is 5.73 Å². The molecule has 27 heavy (non-hydrogen) atoms. The van der Waals surface area contributed by atoms with Gasteiger partial charge in [-0.15, -0.1) is 0 Å². The number of rotatable bonds is 3. The first-order valence-corrected chi connectivity index (χ1v) is 9.21. The summed E-state index contributed by atoms with van der Waals surface area (Å²) in [4.78, 5) is 2.21. The third-order valence-corrected chi connectivity index (χ3v) is 5.19. The van der Waals surface area contributed by atoms with Crippen molar-refractivity contribution in [2.75, 3.05) is 23.7 Å². The number of benzene rings is 2. The lowest BCUT2D eigenvalue weighted by molar-refractivity contribution is -0.632. The summed E-state index contributed by atoms with van der Waals surface area (Å²) in [6.07, 6.45) is 1.67. The van der Waals surface area contributed by atoms with Crippen molar-refractivity contribution in [3.63, 3.8) is 0 Å². The normalized spacial score (nSPS) is 17.9. The van der Waals surface area contributed by atoms with Crippen LogP contribution in [0.2, 0.25) is 0 Å². The van der Waals surface area contributed by atoms with Crippen molar-refractivity contribution in [3.05, 3.63) is 42.5 Å². The molecule has 1 atom stereocenters. The standard InChI is InChI=1S/C20H25N6O/c1-24-18-10-5-14(21)12-19(18)25(2)20(24)23-22-15-6-8-16(9-7-15)26-11-3-4-17(27)13-26/h5-10,12,17,27H,3-4,11,13,21H2,1-2H3/q+1. The number of fused-ring (bicyclic) bond motifs is 1. The molecule has 140 valence electrons. The minimum atomic E-state index is -0.237. The molecule has 0 aliphatic carbocycles. The summed E-state index contributed by atoms with van der Waals surface area (Å²) in [6, 6.07) is 13.8. The largest absolute Gasteiger partial charge is 0.422 e. The maximum atomic E-state index is 9.85. The minimum absolute atomic E-state index is 0.237. The average molecular weight is 365 g/mol. The van der Waals surface area contributed by atoms with E-state index in [9.17, 15) is 5.11 Å². The first kappa shape index (κ1) is 17.5. The minimum Gasteiger partial charge on any atom is -0.399 e. The number of aliphatic hydroxyl groups excluding tert-OH is 1. The van der Waals surface area contributed by atoms with E-state index >= 15 is 0 Å². The van der Waals surface area contributed by atoms with E-state index in [2.05, 4.69) is 15.1 Å². The van der Waals surface area contributed by atoms with E-state index in [0.29, 0.717) is 6.54 Å². The monoisotopic (exact) mass is 365 g/mol. The molecule has 1 fully saturated rings. The third kappa shape index (κ3) is 3.38. The van der Waals surface area contributed by atoms with Gasteiger partial charge in [0.15, 0.2) is 0 Å². The fraction of sp³-hybridized carbons (Fsp3) is 0.350. The van der Waals surface area contributed by atoms with Crippen molar-refractivity contribution >= 4 is 34.0 Å². The van der Waals surface area contributed by atoms with E-state index in [0.717, 1.165) is 53.4 Å². The lowest BCUT2D eigenvalue weighted by atomic mass is 10.1. The van der Waals surface area contributed by atoms with Crippen LogP contribution in [0.1, 0.15) is 12.8 Å². The number of hydrogen-bond donors (Lipinski definition) is 2. The summed E-state index contributed by atoms with van der Waals surface area (Å²) in [6.45, 7) is 1.67. The van der Waals surface area contributed by atoms with Gasteiger partial charge in [-0.05, 0) is 49.2 Å². The summed E-state index contributed by atoms with van der Waals surface area (Å²) >= 11 is 0. The molecule has 2 aromatic carbocycles. The van der Waals surface area contributed by atoms with Crippen LogP contribution in [-0.4, -0.2) is 28.9 Å². The van der Waals surface area contributed by atoms with Gasteiger partial charge >= 0.3 is 5.95 Å². The number of aliphatic hydroxyl groups is 1. The lowest BCUT2D eigenvalue weighted by Crippen LogP contribution is -2.38. The molecule has 1 aliphatic rings. The third-order valence-electron chi connectivity index (χ3n) is 5.19. The second kappa shape index (κ2) is 7.00. The highest BCUT2D eigenvalue weighted by atomic mass is 16.3. The Balaban J connectivity index is 1.57. The van der Waals surface area contributed by atoms with Gasteiger partial charge in [-0.25, -0.2) is 9.13 Å². The number of nitrogens with zero attached hydrogens (tertiary/aromatic N) is 5. The molecule has 7 heteroatoms. The van der Waals surface area contributed by atoms with Gasteiger partial charge < -0.3 is 15.7 Å². The van der Waals surface area contributed by atoms with Crippen molar-refractivity contribution < 1.29 is 9.67 Å². The van der Waals surface area contributed by atoms with Gasteiger partial charge in [-0.1, -0.05) is 5.11 Å². The van der Waals surface area contributed by atoms with Crippen LogP contribution < -0.4 is 15.2 Å². The van der Waals surface area contributed by atoms with E-state index < -0.39 is 0 Å². The predicted octanol–water partition coefficient (Wildman–Crippen LogP) is 2.96. The van der Waals surface area contributed by atoms with Crippen LogP contribution in [0, 0.1) is 0 Å². The Morgan fingerprint density at radius 1 is 1.15 bits per heavy atom. The fourth-order valence-corrected chi connectivity index (χ4v) is 3.69. The molecule has 0 saturated carbocycles.